The highest BCUT2D eigenvalue weighted by molar-refractivity contribution is 5.76. The average Bonchev–Trinajstić information content (AvgIpc) is 3.21. The molecule has 0 bridgehead atoms. The number of aromatic nitrogens is 5. The Hall–Kier alpha value is -3.49. The van der Waals surface area contributed by atoms with Crippen molar-refractivity contribution in [2.75, 3.05) is 19.0 Å². The lowest BCUT2D eigenvalue weighted by Crippen LogP contribution is -2.36. The standard InChI is InChI=1S/C19H23N7O2/c1-24(2)16-10-19(28)26(21-11-16)12-18(27)23-17(15-6-4-3-5-7-15)8-9-25-14-20-13-22-25/h3-7,10-11,13-14,17H,8-9,12H2,1-2H3,(H,23,27). The molecule has 0 aliphatic heterocycles. The zero-order chi connectivity index (χ0) is 19.9. The first-order chi connectivity index (χ1) is 13.5. The van der Waals surface area contributed by atoms with Gasteiger partial charge in [-0.3, -0.25) is 14.3 Å². The average molecular weight is 381 g/mol. The van der Waals surface area contributed by atoms with Crippen LogP contribution in [0.3, 0.4) is 0 Å². The molecule has 0 aliphatic carbocycles. The lowest BCUT2D eigenvalue weighted by molar-refractivity contribution is -0.122. The van der Waals surface area contributed by atoms with Gasteiger partial charge in [-0.15, -0.1) is 0 Å². The number of hydrogen-bond donors (Lipinski definition) is 1. The molecule has 28 heavy (non-hydrogen) atoms. The Bertz CT molecular complexity index is 952. The Morgan fingerprint density at radius 3 is 2.64 bits per heavy atom. The Balaban J connectivity index is 1.69. The van der Waals surface area contributed by atoms with Gasteiger partial charge in [-0.2, -0.15) is 10.2 Å². The van der Waals surface area contributed by atoms with Gasteiger partial charge in [-0.05, 0) is 12.0 Å². The van der Waals surface area contributed by atoms with E-state index in [1.54, 1.807) is 22.1 Å². The summed E-state index contributed by atoms with van der Waals surface area (Å²) in [5, 5.41) is 11.2. The summed E-state index contributed by atoms with van der Waals surface area (Å²) in [5.74, 6) is -0.278. The smallest absolute Gasteiger partial charge is 0.269 e. The van der Waals surface area contributed by atoms with Crippen molar-refractivity contribution in [1.82, 2.24) is 29.9 Å². The predicted molar refractivity (Wildman–Crippen MR) is 105 cm³/mol. The fourth-order valence-corrected chi connectivity index (χ4v) is 2.78. The molecule has 3 rings (SSSR count). The van der Waals surface area contributed by atoms with E-state index in [4.69, 9.17) is 0 Å². The number of benzene rings is 1. The van der Waals surface area contributed by atoms with Gasteiger partial charge in [0.2, 0.25) is 5.91 Å². The van der Waals surface area contributed by atoms with Crippen LogP contribution in [0.1, 0.15) is 18.0 Å². The largest absolute Gasteiger partial charge is 0.376 e. The number of carbonyl (C=O) groups excluding carboxylic acids is 1. The van der Waals surface area contributed by atoms with Crippen molar-refractivity contribution in [2.24, 2.45) is 0 Å². The van der Waals surface area contributed by atoms with Gasteiger partial charge in [0.1, 0.15) is 19.2 Å². The van der Waals surface area contributed by atoms with Gasteiger partial charge in [0.15, 0.2) is 0 Å². The van der Waals surface area contributed by atoms with Crippen LogP contribution in [0.5, 0.6) is 0 Å². The molecule has 3 aromatic rings. The van der Waals surface area contributed by atoms with Crippen LogP contribution in [0.2, 0.25) is 0 Å². The highest BCUT2D eigenvalue weighted by Crippen LogP contribution is 2.17. The summed E-state index contributed by atoms with van der Waals surface area (Å²) in [7, 11) is 3.65. The zero-order valence-corrected chi connectivity index (χ0v) is 15.9. The van der Waals surface area contributed by atoms with Gasteiger partial charge < -0.3 is 10.2 Å². The minimum atomic E-state index is -0.319. The second kappa shape index (κ2) is 8.94. The van der Waals surface area contributed by atoms with E-state index < -0.39 is 0 Å². The summed E-state index contributed by atoms with van der Waals surface area (Å²) in [6.45, 7) is 0.467. The molecule has 1 amide bonds. The van der Waals surface area contributed by atoms with Crippen LogP contribution in [-0.4, -0.2) is 44.5 Å². The number of aryl methyl sites for hydroxylation is 1. The van der Waals surface area contributed by atoms with Crippen molar-refractivity contribution in [3.05, 3.63) is 71.2 Å². The van der Waals surface area contributed by atoms with Crippen LogP contribution in [-0.2, 0) is 17.9 Å². The molecule has 9 heteroatoms. The fraction of sp³-hybridized carbons (Fsp3) is 0.316. The zero-order valence-electron chi connectivity index (χ0n) is 15.9. The maximum Gasteiger partial charge on any atom is 0.269 e. The number of hydrogen-bond acceptors (Lipinski definition) is 6. The summed E-state index contributed by atoms with van der Waals surface area (Å²) >= 11 is 0. The summed E-state index contributed by atoms with van der Waals surface area (Å²) in [4.78, 5) is 30.5. The number of amides is 1. The Labute approximate surface area is 162 Å². The van der Waals surface area contributed by atoms with Crippen molar-refractivity contribution < 1.29 is 4.79 Å². The topological polar surface area (TPSA) is 97.9 Å². The third kappa shape index (κ3) is 5.03. The van der Waals surface area contributed by atoms with Crippen molar-refractivity contribution >= 4 is 11.6 Å². The molecular formula is C19H23N7O2. The van der Waals surface area contributed by atoms with Crippen LogP contribution in [0.25, 0.3) is 0 Å². The molecule has 1 N–H and O–H groups in total. The molecule has 1 atom stereocenters. The van der Waals surface area contributed by atoms with Crippen molar-refractivity contribution in [1.29, 1.82) is 0 Å². The minimum Gasteiger partial charge on any atom is -0.376 e. The number of nitrogens with one attached hydrogen (secondary N) is 1. The van der Waals surface area contributed by atoms with E-state index in [0.29, 0.717) is 18.7 Å². The Kier molecular flexibility index (Phi) is 6.15. The normalized spacial score (nSPS) is 11.8. The van der Waals surface area contributed by atoms with E-state index >= 15 is 0 Å². The van der Waals surface area contributed by atoms with Crippen LogP contribution >= 0.6 is 0 Å². The van der Waals surface area contributed by atoms with E-state index in [9.17, 15) is 9.59 Å². The minimum absolute atomic E-state index is 0.140. The number of carbonyl (C=O) groups is 1. The monoisotopic (exact) mass is 381 g/mol. The van der Waals surface area contributed by atoms with E-state index in [1.165, 1.54) is 12.4 Å². The first-order valence-corrected chi connectivity index (χ1v) is 8.94. The van der Waals surface area contributed by atoms with Crippen LogP contribution in [0, 0.1) is 0 Å². The number of rotatable bonds is 8. The van der Waals surface area contributed by atoms with Crippen molar-refractivity contribution in [3.63, 3.8) is 0 Å². The van der Waals surface area contributed by atoms with Gasteiger partial charge in [-0.1, -0.05) is 30.3 Å². The number of nitrogens with zero attached hydrogens (tertiary/aromatic N) is 6. The van der Waals surface area contributed by atoms with Gasteiger partial charge in [0, 0.05) is 26.7 Å². The summed E-state index contributed by atoms with van der Waals surface area (Å²) in [6.07, 6.45) is 5.32. The lowest BCUT2D eigenvalue weighted by atomic mass is 10.0. The molecule has 0 fully saturated rings. The molecular weight excluding hydrogens is 358 g/mol. The van der Waals surface area contributed by atoms with Crippen LogP contribution in [0.15, 0.2) is 60.0 Å². The molecule has 1 aromatic carbocycles. The van der Waals surface area contributed by atoms with E-state index in [2.05, 4.69) is 20.5 Å². The quantitative estimate of drug-likeness (QED) is 0.621. The van der Waals surface area contributed by atoms with E-state index in [-0.39, 0.29) is 24.1 Å². The first kappa shape index (κ1) is 19.3. The molecule has 1 unspecified atom stereocenters. The van der Waals surface area contributed by atoms with E-state index in [0.717, 1.165) is 10.2 Å². The van der Waals surface area contributed by atoms with Gasteiger partial charge in [0.05, 0.1) is 17.9 Å². The first-order valence-electron chi connectivity index (χ1n) is 8.94. The van der Waals surface area contributed by atoms with Crippen molar-refractivity contribution in [3.8, 4) is 0 Å². The molecule has 0 radical (unpaired) electrons. The summed E-state index contributed by atoms with van der Waals surface area (Å²) in [5.41, 5.74) is 1.36. The Morgan fingerprint density at radius 2 is 2.00 bits per heavy atom. The summed E-state index contributed by atoms with van der Waals surface area (Å²) < 4.78 is 2.87. The molecule has 0 aliphatic rings. The molecule has 2 heterocycles. The fourth-order valence-electron chi connectivity index (χ4n) is 2.78. The van der Waals surface area contributed by atoms with Gasteiger partial charge in [-0.25, -0.2) is 9.67 Å². The SMILES string of the molecule is CN(C)c1cnn(CC(=O)NC(CCn2cncn2)c2ccccc2)c(=O)c1. The Morgan fingerprint density at radius 1 is 1.21 bits per heavy atom. The molecule has 2 aromatic heterocycles. The molecule has 0 saturated heterocycles. The predicted octanol–water partition coefficient (Wildman–Crippen LogP) is 0.849. The molecule has 0 saturated carbocycles. The lowest BCUT2D eigenvalue weighted by Gasteiger charge is -2.19. The van der Waals surface area contributed by atoms with Gasteiger partial charge >= 0.3 is 0 Å². The van der Waals surface area contributed by atoms with E-state index in [1.807, 2.05) is 44.4 Å². The maximum absolute atomic E-state index is 12.6. The maximum atomic E-state index is 12.6. The molecule has 0 spiro atoms. The second-order valence-corrected chi connectivity index (χ2v) is 6.58. The van der Waals surface area contributed by atoms with Crippen LogP contribution in [0.4, 0.5) is 5.69 Å². The molecule has 9 nitrogen and oxygen atoms in total. The van der Waals surface area contributed by atoms with Crippen molar-refractivity contribution in [2.45, 2.75) is 25.6 Å². The summed E-state index contributed by atoms with van der Waals surface area (Å²) in [6, 6.07) is 10.9. The van der Waals surface area contributed by atoms with Crippen LogP contribution < -0.4 is 15.8 Å². The molecule has 146 valence electrons. The van der Waals surface area contributed by atoms with Gasteiger partial charge in [0.25, 0.3) is 5.56 Å². The third-order valence-electron chi connectivity index (χ3n) is 4.32. The number of anilines is 1. The second-order valence-electron chi connectivity index (χ2n) is 6.58. The highest BCUT2D eigenvalue weighted by Gasteiger charge is 2.16. The third-order valence-corrected chi connectivity index (χ3v) is 4.32. The highest BCUT2D eigenvalue weighted by atomic mass is 16.2.